The maximum absolute atomic E-state index is 6.51. The zero-order valence-electron chi connectivity index (χ0n) is 33.6. The molecule has 0 atom stereocenters. The third-order valence-electron chi connectivity index (χ3n) is 12.0. The van der Waals surface area contributed by atoms with Gasteiger partial charge in [-0.1, -0.05) is 164 Å². The van der Waals surface area contributed by atoms with Gasteiger partial charge in [-0.3, -0.25) is 0 Å². The molecule has 0 spiro atoms. The maximum Gasteiger partial charge on any atom is 0.180 e. The van der Waals surface area contributed by atoms with Gasteiger partial charge in [-0.05, 0) is 105 Å². The van der Waals surface area contributed by atoms with Crippen LogP contribution in [0.5, 0.6) is 0 Å². The van der Waals surface area contributed by atoms with E-state index in [1.54, 1.807) is 0 Å². The van der Waals surface area contributed by atoms with E-state index in [9.17, 15) is 0 Å². The summed E-state index contributed by atoms with van der Waals surface area (Å²) in [6.07, 6.45) is 0. The van der Waals surface area contributed by atoms with Gasteiger partial charge in [-0.15, -0.1) is 0 Å². The summed E-state index contributed by atoms with van der Waals surface area (Å²) in [4.78, 5) is 10.5. The van der Waals surface area contributed by atoms with Gasteiger partial charge in [-0.2, -0.15) is 0 Å². The Morgan fingerprint density at radius 3 is 1.65 bits per heavy atom. The van der Waals surface area contributed by atoms with Crippen LogP contribution in [0.2, 0.25) is 0 Å². The van der Waals surface area contributed by atoms with Crippen molar-refractivity contribution in [3.05, 3.63) is 224 Å². The van der Waals surface area contributed by atoms with E-state index in [4.69, 9.17) is 14.4 Å². The van der Waals surface area contributed by atoms with Crippen LogP contribution in [0.3, 0.4) is 0 Å². The molecule has 12 aromatic rings. The highest BCUT2D eigenvalue weighted by Gasteiger charge is 2.20. The van der Waals surface area contributed by atoms with Crippen molar-refractivity contribution in [3.8, 4) is 72.8 Å². The first-order valence-electron chi connectivity index (χ1n) is 21.0. The van der Waals surface area contributed by atoms with Crippen molar-refractivity contribution >= 4 is 43.9 Å². The highest BCUT2D eigenvalue weighted by molar-refractivity contribution is 6.17. The predicted molar refractivity (Wildman–Crippen MR) is 256 cm³/mol. The van der Waals surface area contributed by atoms with Gasteiger partial charge in [0.05, 0.1) is 11.0 Å². The van der Waals surface area contributed by atoms with Gasteiger partial charge in [0.15, 0.2) is 11.4 Å². The summed E-state index contributed by atoms with van der Waals surface area (Å²) in [7, 11) is 0. The molecule has 4 nitrogen and oxygen atoms in total. The fourth-order valence-corrected chi connectivity index (χ4v) is 9.07. The lowest BCUT2D eigenvalue weighted by molar-refractivity contribution is 0.667. The summed E-state index contributed by atoms with van der Waals surface area (Å²) in [6, 6.07) is 79.4. The van der Waals surface area contributed by atoms with Crippen molar-refractivity contribution in [1.82, 2.24) is 14.5 Å². The maximum atomic E-state index is 6.51. The van der Waals surface area contributed by atoms with Crippen molar-refractivity contribution in [2.24, 2.45) is 0 Å². The summed E-state index contributed by atoms with van der Waals surface area (Å²) in [5, 5.41) is 3.42. The molecule has 0 saturated carbocycles. The standard InChI is InChI=1S/C58H37N3O/c1-4-16-38(17-5-1)40-20-13-24-45(35-40)55-57-56(49-28-10-11-31-53(49)62-57)60-58(59-55)46-25-14-22-42(36-46)41-21-12-23-44(34-41)48-29-15-30-52-54(48)50-37-43(39-18-6-2-7-19-39)32-33-51(50)61(52)47-26-8-3-9-27-47/h1-37H. The van der Waals surface area contributed by atoms with Crippen molar-refractivity contribution in [2.75, 3.05) is 0 Å². The first-order valence-corrected chi connectivity index (χ1v) is 21.0. The first-order chi connectivity index (χ1) is 30.7. The molecule has 290 valence electrons. The van der Waals surface area contributed by atoms with Crippen molar-refractivity contribution in [1.29, 1.82) is 0 Å². The second-order valence-electron chi connectivity index (χ2n) is 15.7. The Kier molecular flexibility index (Phi) is 8.46. The van der Waals surface area contributed by atoms with Gasteiger partial charge in [0, 0.05) is 33.0 Å². The zero-order valence-corrected chi connectivity index (χ0v) is 33.6. The van der Waals surface area contributed by atoms with Gasteiger partial charge >= 0.3 is 0 Å². The predicted octanol–water partition coefficient (Wildman–Crippen LogP) is 15.5. The Labute approximate surface area is 358 Å². The Balaban J connectivity index is 0.997. The number of hydrogen-bond acceptors (Lipinski definition) is 3. The summed E-state index contributed by atoms with van der Waals surface area (Å²) in [6.45, 7) is 0. The molecule has 3 aromatic heterocycles. The molecule has 0 N–H and O–H groups in total. The van der Waals surface area contributed by atoms with E-state index in [-0.39, 0.29) is 0 Å². The lowest BCUT2D eigenvalue weighted by atomic mass is 9.94. The number of fused-ring (bicyclic) bond motifs is 6. The minimum atomic E-state index is 0.648. The lowest BCUT2D eigenvalue weighted by Gasteiger charge is -2.11. The Bertz CT molecular complexity index is 3620. The van der Waals surface area contributed by atoms with Gasteiger partial charge < -0.3 is 8.98 Å². The van der Waals surface area contributed by atoms with Crippen LogP contribution in [0.25, 0.3) is 117 Å². The molecule has 3 heterocycles. The molecule has 0 aliphatic heterocycles. The number of benzene rings is 9. The summed E-state index contributed by atoms with van der Waals surface area (Å²) in [5.74, 6) is 0.648. The van der Waals surface area contributed by atoms with E-state index in [1.165, 1.54) is 38.5 Å². The lowest BCUT2D eigenvalue weighted by Crippen LogP contribution is -1.94. The molecular weight excluding hydrogens is 755 g/mol. The number of furan rings is 1. The van der Waals surface area contributed by atoms with Gasteiger partial charge in [0.1, 0.15) is 16.8 Å². The fourth-order valence-electron chi connectivity index (χ4n) is 9.07. The topological polar surface area (TPSA) is 43.9 Å². The van der Waals surface area contributed by atoms with Gasteiger partial charge in [0.2, 0.25) is 0 Å². The molecule has 0 unspecified atom stereocenters. The molecule has 0 radical (unpaired) electrons. The van der Waals surface area contributed by atoms with Crippen molar-refractivity contribution in [3.63, 3.8) is 0 Å². The van der Waals surface area contributed by atoms with E-state index in [0.29, 0.717) is 11.4 Å². The molecule has 9 aromatic carbocycles. The third kappa shape index (κ3) is 6.08. The van der Waals surface area contributed by atoms with Crippen LogP contribution in [0.4, 0.5) is 0 Å². The van der Waals surface area contributed by atoms with Crippen LogP contribution in [0, 0.1) is 0 Å². The van der Waals surface area contributed by atoms with Gasteiger partial charge in [-0.25, -0.2) is 9.97 Å². The van der Waals surface area contributed by atoms with E-state index in [1.807, 2.05) is 24.3 Å². The zero-order chi connectivity index (χ0) is 41.0. The van der Waals surface area contributed by atoms with Crippen molar-refractivity contribution in [2.45, 2.75) is 0 Å². The van der Waals surface area contributed by atoms with Gasteiger partial charge in [0.25, 0.3) is 0 Å². The summed E-state index contributed by atoms with van der Waals surface area (Å²) >= 11 is 0. The van der Waals surface area contributed by atoms with Crippen LogP contribution in [-0.2, 0) is 0 Å². The second kappa shape index (κ2) is 14.7. The quantitative estimate of drug-likeness (QED) is 0.161. The molecule has 0 fully saturated rings. The number of hydrogen-bond donors (Lipinski definition) is 0. The van der Waals surface area contributed by atoms with Crippen LogP contribution in [-0.4, -0.2) is 14.5 Å². The average molecular weight is 792 g/mol. The molecule has 62 heavy (non-hydrogen) atoms. The Morgan fingerprint density at radius 2 is 0.903 bits per heavy atom. The number of aromatic nitrogens is 3. The minimum absolute atomic E-state index is 0.648. The molecule has 0 aliphatic rings. The summed E-state index contributed by atoms with van der Waals surface area (Å²) < 4.78 is 8.90. The van der Waals surface area contributed by atoms with Crippen LogP contribution >= 0.6 is 0 Å². The highest BCUT2D eigenvalue weighted by Crippen LogP contribution is 2.42. The average Bonchev–Trinajstić information content (AvgIpc) is 3.90. The monoisotopic (exact) mass is 791 g/mol. The molecule has 4 heteroatoms. The van der Waals surface area contributed by atoms with E-state index < -0.39 is 0 Å². The van der Waals surface area contributed by atoms with Crippen molar-refractivity contribution < 1.29 is 4.42 Å². The second-order valence-corrected chi connectivity index (χ2v) is 15.7. The molecule has 0 bridgehead atoms. The molecule has 0 saturated heterocycles. The largest absolute Gasteiger partial charge is 0.452 e. The van der Waals surface area contributed by atoms with E-state index >= 15 is 0 Å². The molecule has 12 rings (SSSR count). The van der Waals surface area contributed by atoms with Crippen LogP contribution < -0.4 is 0 Å². The first kappa shape index (κ1) is 35.6. The van der Waals surface area contributed by atoms with E-state index in [2.05, 4.69) is 205 Å². The Morgan fingerprint density at radius 1 is 0.355 bits per heavy atom. The molecular formula is C58H37N3O. The fraction of sp³-hybridized carbons (Fsp3) is 0. The summed E-state index contributed by atoms with van der Waals surface area (Å²) in [5.41, 5.74) is 17.6. The normalized spacial score (nSPS) is 11.5. The van der Waals surface area contributed by atoms with E-state index in [0.717, 1.165) is 66.8 Å². The Hall–Kier alpha value is -8.34. The van der Waals surface area contributed by atoms with Crippen LogP contribution in [0.15, 0.2) is 229 Å². The number of nitrogens with zero attached hydrogens (tertiary/aromatic N) is 3. The number of para-hydroxylation sites is 2. The highest BCUT2D eigenvalue weighted by atomic mass is 16.3. The van der Waals surface area contributed by atoms with Crippen LogP contribution in [0.1, 0.15) is 0 Å². The third-order valence-corrected chi connectivity index (χ3v) is 12.0. The molecule has 0 amide bonds. The smallest absolute Gasteiger partial charge is 0.180 e. The minimum Gasteiger partial charge on any atom is -0.452 e. The molecule has 0 aliphatic carbocycles. The SMILES string of the molecule is c1ccc(-c2cccc(-c3nc(-c4cccc(-c5cccc(-c6cccc7c6c6cc(-c8ccccc8)ccc6n7-c6ccccc6)c5)c4)nc4c3oc3ccccc34)c2)cc1. The number of rotatable bonds is 7.